The Balaban J connectivity index is 2.29. The predicted octanol–water partition coefficient (Wildman–Crippen LogP) is 4.91. The van der Waals surface area contributed by atoms with Gasteiger partial charge in [-0.3, -0.25) is 0 Å². The highest BCUT2D eigenvalue weighted by Crippen LogP contribution is 2.37. The molecule has 0 aromatic heterocycles. The molecule has 0 amide bonds. The van der Waals surface area contributed by atoms with Gasteiger partial charge in [-0.2, -0.15) is 0 Å². The Morgan fingerprint density at radius 3 is 2.42 bits per heavy atom. The maximum atomic E-state index is 6.25. The molecule has 1 aliphatic heterocycles. The van der Waals surface area contributed by atoms with Gasteiger partial charge in [-0.1, -0.05) is 32.9 Å². The van der Waals surface area contributed by atoms with Crippen molar-refractivity contribution >= 4 is 8.32 Å². The summed E-state index contributed by atoms with van der Waals surface area (Å²) in [4.78, 5) is 0. The first kappa shape index (κ1) is 16.9. The molecule has 0 aliphatic carbocycles. The number of ether oxygens (including phenoxy) is 1. The second-order valence-electron chi connectivity index (χ2n) is 7.18. The lowest BCUT2D eigenvalue weighted by Gasteiger charge is -2.36. The molecular formula is C16H32O2Si. The van der Waals surface area contributed by atoms with Gasteiger partial charge in [0.15, 0.2) is 8.32 Å². The van der Waals surface area contributed by atoms with E-state index >= 15 is 0 Å². The van der Waals surface area contributed by atoms with E-state index in [1.165, 1.54) is 6.42 Å². The Hall–Kier alpha value is -0.123. The maximum Gasteiger partial charge on any atom is 0.192 e. The molecule has 1 fully saturated rings. The molecule has 1 rings (SSSR count). The summed E-state index contributed by atoms with van der Waals surface area (Å²) in [6.07, 6.45) is 9.76. The molecule has 0 saturated carbocycles. The van der Waals surface area contributed by atoms with Gasteiger partial charge in [0, 0.05) is 0 Å². The van der Waals surface area contributed by atoms with Gasteiger partial charge >= 0.3 is 0 Å². The van der Waals surface area contributed by atoms with E-state index in [1.54, 1.807) is 0 Å². The van der Waals surface area contributed by atoms with Crippen molar-refractivity contribution in [3.8, 4) is 0 Å². The van der Waals surface area contributed by atoms with Crippen LogP contribution in [0, 0.1) is 0 Å². The van der Waals surface area contributed by atoms with Gasteiger partial charge in [-0.15, -0.1) is 0 Å². The number of hydrogen-bond acceptors (Lipinski definition) is 2. The molecule has 3 heteroatoms. The van der Waals surface area contributed by atoms with Gasteiger partial charge in [0.05, 0.1) is 18.8 Å². The Morgan fingerprint density at radius 2 is 1.84 bits per heavy atom. The Kier molecular flexibility index (Phi) is 6.28. The van der Waals surface area contributed by atoms with Crippen LogP contribution in [0.4, 0.5) is 0 Å². The van der Waals surface area contributed by atoms with E-state index in [0.717, 1.165) is 25.9 Å². The summed E-state index contributed by atoms with van der Waals surface area (Å²) in [7, 11) is -1.62. The van der Waals surface area contributed by atoms with Gasteiger partial charge in [0.2, 0.25) is 0 Å². The van der Waals surface area contributed by atoms with Crippen LogP contribution in [0.1, 0.15) is 53.4 Å². The van der Waals surface area contributed by atoms with E-state index < -0.39 is 8.32 Å². The normalized spacial score (nSPS) is 25.4. The fraction of sp³-hybridized carbons (Fsp3) is 0.875. The predicted molar refractivity (Wildman–Crippen MR) is 85.1 cm³/mol. The molecule has 1 saturated heterocycles. The monoisotopic (exact) mass is 284 g/mol. The molecule has 0 N–H and O–H groups in total. The van der Waals surface area contributed by atoms with Crippen LogP contribution in [0.5, 0.6) is 0 Å². The lowest BCUT2D eigenvalue weighted by atomic mass is 10.1. The molecule has 0 aromatic rings. The van der Waals surface area contributed by atoms with Crippen molar-refractivity contribution in [3.05, 3.63) is 12.2 Å². The summed E-state index contributed by atoms with van der Waals surface area (Å²) in [5.41, 5.74) is 0. The van der Waals surface area contributed by atoms with Gasteiger partial charge in [0.1, 0.15) is 0 Å². The maximum absolute atomic E-state index is 6.25. The fourth-order valence-corrected chi connectivity index (χ4v) is 3.12. The highest BCUT2D eigenvalue weighted by molar-refractivity contribution is 6.74. The largest absolute Gasteiger partial charge is 0.414 e. The Morgan fingerprint density at radius 1 is 1.21 bits per heavy atom. The summed E-state index contributed by atoms with van der Waals surface area (Å²) >= 11 is 0. The summed E-state index contributed by atoms with van der Waals surface area (Å²) in [6, 6.07) is 0. The van der Waals surface area contributed by atoms with Crippen molar-refractivity contribution < 1.29 is 9.16 Å². The third-order valence-electron chi connectivity index (χ3n) is 4.52. The lowest BCUT2D eigenvalue weighted by molar-refractivity contribution is 0.0120. The van der Waals surface area contributed by atoms with Crippen molar-refractivity contribution in [3.63, 3.8) is 0 Å². The van der Waals surface area contributed by atoms with E-state index in [4.69, 9.17) is 9.16 Å². The first-order chi connectivity index (χ1) is 8.76. The van der Waals surface area contributed by atoms with E-state index in [9.17, 15) is 0 Å². The van der Waals surface area contributed by atoms with Crippen molar-refractivity contribution in [2.45, 2.75) is 83.7 Å². The summed E-state index contributed by atoms with van der Waals surface area (Å²) in [5.74, 6) is 0. The van der Waals surface area contributed by atoms with Gasteiger partial charge < -0.3 is 9.16 Å². The SMILES string of the molecule is C/C=C/CCC1CCC(CO[Si](C)(C)C(C)(C)C)O1. The molecule has 19 heavy (non-hydrogen) atoms. The zero-order valence-electron chi connectivity index (χ0n) is 13.7. The minimum Gasteiger partial charge on any atom is -0.414 e. The van der Waals surface area contributed by atoms with E-state index in [1.807, 2.05) is 0 Å². The van der Waals surface area contributed by atoms with Crippen LogP contribution >= 0.6 is 0 Å². The average Bonchev–Trinajstić information content (AvgIpc) is 2.73. The standard InChI is InChI=1S/C16H32O2Si/c1-7-8-9-10-14-11-12-15(18-14)13-17-19(5,6)16(2,3)4/h7-8,14-15H,9-13H2,1-6H3/b8-7+. The summed E-state index contributed by atoms with van der Waals surface area (Å²) in [6.45, 7) is 14.3. The number of hydrogen-bond donors (Lipinski definition) is 0. The van der Waals surface area contributed by atoms with Crippen molar-refractivity contribution in [1.29, 1.82) is 0 Å². The molecule has 2 nitrogen and oxygen atoms in total. The second kappa shape index (κ2) is 7.05. The average molecular weight is 285 g/mol. The van der Waals surface area contributed by atoms with E-state index in [-0.39, 0.29) is 5.04 Å². The number of allylic oxidation sites excluding steroid dienone is 2. The number of rotatable bonds is 6. The van der Waals surface area contributed by atoms with E-state index in [2.05, 4.69) is 52.9 Å². The Bertz CT molecular complexity index is 292. The first-order valence-corrected chi connectivity index (χ1v) is 10.6. The molecule has 0 aromatic carbocycles. The van der Waals surface area contributed by atoms with Crippen LogP contribution < -0.4 is 0 Å². The molecule has 1 aliphatic rings. The van der Waals surface area contributed by atoms with Crippen LogP contribution in [0.3, 0.4) is 0 Å². The minimum absolute atomic E-state index is 0.289. The van der Waals surface area contributed by atoms with Crippen LogP contribution in [-0.4, -0.2) is 27.1 Å². The topological polar surface area (TPSA) is 18.5 Å². The zero-order valence-corrected chi connectivity index (χ0v) is 14.7. The fourth-order valence-electron chi connectivity index (χ4n) is 2.08. The Labute approximate surface area is 120 Å². The minimum atomic E-state index is -1.62. The zero-order chi connectivity index (χ0) is 14.5. The van der Waals surface area contributed by atoms with Crippen molar-refractivity contribution in [1.82, 2.24) is 0 Å². The third kappa shape index (κ3) is 5.40. The summed E-state index contributed by atoms with van der Waals surface area (Å²) < 4.78 is 12.3. The van der Waals surface area contributed by atoms with Crippen LogP contribution in [0.2, 0.25) is 18.1 Å². The van der Waals surface area contributed by atoms with Crippen LogP contribution in [0.15, 0.2) is 12.2 Å². The van der Waals surface area contributed by atoms with E-state index in [0.29, 0.717) is 12.2 Å². The van der Waals surface area contributed by atoms with Crippen LogP contribution in [0.25, 0.3) is 0 Å². The molecule has 0 spiro atoms. The second-order valence-corrected chi connectivity index (χ2v) is 12.0. The molecule has 1 heterocycles. The molecule has 112 valence electrons. The molecule has 2 unspecified atom stereocenters. The highest BCUT2D eigenvalue weighted by atomic mass is 28.4. The molecular weight excluding hydrogens is 252 g/mol. The molecule has 2 atom stereocenters. The molecule has 0 bridgehead atoms. The first-order valence-electron chi connectivity index (χ1n) is 7.67. The van der Waals surface area contributed by atoms with Crippen LogP contribution in [-0.2, 0) is 9.16 Å². The third-order valence-corrected chi connectivity index (χ3v) is 9.02. The summed E-state index contributed by atoms with van der Waals surface area (Å²) in [5, 5.41) is 0.289. The van der Waals surface area contributed by atoms with Crippen molar-refractivity contribution in [2.24, 2.45) is 0 Å². The van der Waals surface area contributed by atoms with Crippen molar-refractivity contribution in [2.75, 3.05) is 6.61 Å². The lowest BCUT2D eigenvalue weighted by Crippen LogP contribution is -2.42. The highest BCUT2D eigenvalue weighted by Gasteiger charge is 2.38. The van der Waals surface area contributed by atoms with Gasteiger partial charge in [-0.05, 0) is 50.7 Å². The quantitative estimate of drug-likeness (QED) is 0.509. The molecule has 0 radical (unpaired) electrons. The smallest absolute Gasteiger partial charge is 0.192 e. The van der Waals surface area contributed by atoms with Gasteiger partial charge in [0.25, 0.3) is 0 Å². The van der Waals surface area contributed by atoms with Gasteiger partial charge in [-0.25, -0.2) is 0 Å².